The molecule has 0 amide bonds. The van der Waals surface area contributed by atoms with Crippen LogP contribution in [0, 0.1) is 11.3 Å². The van der Waals surface area contributed by atoms with Crippen molar-refractivity contribution in [1.29, 1.82) is 5.26 Å². The third-order valence-electron chi connectivity index (χ3n) is 1.77. The Morgan fingerprint density at radius 1 is 1.33 bits per heavy atom. The van der Waals surface area contributed by atoms with Crippen molar-refractivity contribution in [1.82, 2.24) is 0 Å². The van der Waals surface area contributed by atoms with Gasteiger partial charge in [-0.1, -0.05) is 33.8 Å². The summed E-state index contributed by atoms with van der Waals surface area (Å²) >= 11 is 6.67. The predicted molar refractivity (Wildman–Crippen MR) is 67.3 cm³/mol. The van der Waals surface area contributed by atoms with Crippen molar-refractivity contribution in [3.63, 3.8) is 0 Å². The number of nitrogens with zero attached hydrogens (tertiary/aromatic N) is 1. The first-order valence-corrected chi connectivity index (χ1v) is 6.69. The van der Waals surface area contributed by atoms with Crippen LogP contribution >= 0.6 is 39.0 Å². The van der Waals surface area contributed by atoms with E-state index >= 15 is 0 Å². The molecule has 2 aromatic rings. The van der Waals surface area contributed by atoms with E-state index in [9.17, 15) is 0 Å². The quantitative estimate of drug-likeness (QED) is 0.812. The van der Waals surface area contributed by atoms with Gasteiger partial charge in [-0.2, -0.15) is 5.26 Å². The summed E-state index contributed by atoms with van der Waals surface area (Å²) in [6.45, 7) is 0. The maximum Gasteiger partial charge on any atom is 0.100 e. The van der Waals surface area contributed by atoms with E-state index in [0.717, 1.165) is 9.37 Å². The maximum absolute atomic E-state index is 8.99. The minimum atomic E-state index is 0.711. The highest BCUT2D eigenvalue weighted by Crippen LogP contribution is 2.34. The topological polar surface area (TPSA) is 23.8 Å². The highest BCUT2D eigenvalue weighted by Gasteiger charge is 2.05. The first-order valence-electron chi connectivity index (χ1n) is 4.20. The molecule has 0 aliphatic heterocycles. The van der Waals surface area contributed by atoms with Crippen LogP contribution in [0.4, 0.5) is 0 Å². The van der Waals surface area contributed by atoms with Crippen molar-refractivity contribution in [3.05, 3.63) is 45.7 Å². The molecule has 1 aromatic carbocycles. The number of nitriles is 1. The Labute approximate surface area is 105 Å². The summed E-state index contributed by atoms with van der Waals surface area (Å²) in [4.78, 5) is 1.00. The van der Waals surface area contributed by atoms with Gasteiger partial charge in [-0.05, 0) is 29.6 Å². The molecule has 0 saturated heterocycles. The van der Waals surface area contributed by atoms with Gasteiger partial charge in [0.05, 0.1) is 9.77 Å². The van der Waals surface area contributed by atoms with Crippen LogP contribution in [0.3, 0.4) is 0 Å². The third-order valence-corrected chi connectivity index (χ3v) is 4.37. The van der Waals surface area contributed by atoms with Crippen LogP contribution in [0.25, 0.3) is 0 Å². The lowest BCUT2D eigenvalue weighted by Gasteiger charge is -2.01. The van der Waals surface area contributed by atoms with Gasteiger partial charge in [-0.25, -0.2) is 0 Å². The van der Waals surface area contributed by atoms with E-state index in [-0.39, 0.29) is 0 Å². The van der Waals surface area contributed by atoms with E-state index in [1.165, 1.54) is 4.21 Å². The number of rotatable bonds is 2. The minimum absolute atomic E-state index is 0.711. The van der Waals surface area contributed by atoms with Crippen molar-refractivity contribution < 1.29 is 0 Å². The van der Waals surface area contributed by atoms with Gasteiger partial charge in [0.25, 0.3) is 0 Å². The lowest BCUT2D eigenvalue weighted by Crippen LogP contribution is -1.79. The van der Waals surface area contributed by atoms with E-state index in [0.29, 0.717) is 5.56 Å². The predicted octanol–water partition coefficient (Wildman–Crippen LogP) is 4.53. The summed E-state index contributed by atoms with van der Waals surface area (Å²) in [5, 5.41) is 11.0. The van der Waals surface area contributed by atoms with E-state index < -0.39 is 0 Å². The van der Waals surface area contributed by atoms with E-state index in [2.05, 4.69) is 28.1 Å². The van der Waals surface area contributed by atoms with Gasteiger partial charge in [0.2, 0.25) is 0 Å². The summed E-state index contributed by atoms with van der Waals surface area (Å²) in [5.74, 6) is 0. The van der Waals surface area contributed by atoms with Crippen LogP contribution in [0.5, 0.6) is 0 Å². The summed E-state index contributed by atoms with van der Waals surface area (Å²) in [7, 11) is 0. The smallest absolute Gasteiger partial charge is 0.100 e. The van der Waals surface area contributed by atoms with Crippen molar-refractivity contribution in [2.45, 2.75) is 9.10 Å². The number of benzene rings is 1. The minimum Gasteiger partial charge on any atom is -0.192 e. The monoisotopic (exact) mass is 295 g/mol. The Balaban J connectivity index is 2.33. The molecule has 0 N–H and O–H groups in total. The van der Waals surface area contributed by atoms with E-state index in [1.807, 2.05) is 29.6 Å². The molecule has 0 radical (unpaired) electrons. The molecule has 0 aliphatic rings. The molecule has 0 spiro atoms. The average molecular weight is 296 g/mol. The van der Waals surface area contributed by atoms with Crippen LogP contribution < -0.4 is 0 Å². The van der Waals surface area contributed by atoms with Gasteiger partial charge < -0.3 is 0 Å². The Hall–Kier alpha value is -0.760. The van der Waals surface area contributed by atoms with Crippen molar-refractivity contribution >= 4 is 39.0 Å². The molecule has 0 bridgehead atoms. The molecule has 0 aliphatic carbocycles. The van der Waals surface area contributed by atoms with Gasteiger partial charge in [-0.3, -0.25) is 0 Å². The largest absolute Gasteiger partial charge is 0.192 e. The van der Waals surface area contributed by atoms with Crippen LogP contribution in [0.15, 0.2) is 49.3 Å². The molecule has 0 fully saturated rings. The molecular formula is C11H6BrNS2. The molecule has 15 heavy (non-hydrogen) atoms. The molecule has 1 nitrogen and oxygen atoms in total. The third kappa shape index (κ3) is 2.63. The molecule has 1 heterocycles. The molecular weight excluding hydrogens is 290 g/mol. The fourth-order valence-corrected chi connectivity index (χ4v) is 3.26. The lowest BCUT2D eigenvalue weighted by atomic mass is 10.2. The second kappa shape index (κ2) is 4.84. The van der Waals surface area contributed by atoms with Crippen LogP contribution in [0.1, 0.15) is 5.56 Å². The lowest BCUT2D eigenvalue weighted by molar-refractivity contribution is 1.35. The molecule has 0 saturated carbocycles. The maximum atomic E-state index is 8.99. The zero-order valence-corrected chi connectivity index (χ0v) is 10.8. The Kier molecular flexibility index (Phi) is 3.47. The van der Waals surface area contributed by atoms with Crippen LogP contribution in [-0.4, -0.2) is 0 Å². The Bertz CT molecular complexity index is 500. The second-order valence-corrected chi connectivity index (χ2v) is 5.99. The molecule has 4 heteroatoms. The molecule has 74 valence electrons. The molecule has 0 unspecified atom stereocenters. The van der Waals surface area contributed by atoms with E-state index in [4.69, 9.17) is 5.26 Å². The standard InChI is InChI=1S/C11H6BrNS2/c12-9-3-4-10(8(6-9)7-13)15-11-2-1-5-14-11/h1-6H. The molecule has 2 rings (SSSR count). The second-order valence-electron chi connectivity index (χ2n) is 2.79. The summed E-state index contributed by atoms with van der Waals surface area (Å²) in [5.41, 5.74) is 0.711. The normalized spacial score (nSPS) is 9.87. The fraction of sp³-hybridized carbons (Fsp3) is 0. The van der Waals surface area contributed by atoms with Crippen LogP contribution in [-0.2, 0) is 0 Å². The van der Waals surface area contributed by atoms with Crippen LogP contribution in [0.2, 0.25) is 0 Å². The highest BCUT2D eigenvalue weighted by molar-refractivity contribution is 9.10. The first-order chi connectivity index (χ1) is 7.29. The summed E-state index contributed by atoms with van der Waals surface area (Å²) in [6.07, 6.45) is 0. The number of halogens is 1. The van der Waals surface area contributed by atoms with Crippen molar-refractivity contribution in [2.24, 2.45) is 0 Å². The first kappa shape index (κ1) is 10.7. The summed E-state index contributed by atoms with van der Waals surface area (Å²) in [6, 6.07) is 12.0. The zero-order valence-electron chi connectivity index (χ0n) is 7.61. The Morgan fingerprint density at radius 3 is 2.87 bits per heavy atom. The zero-order chi connectivity index (χ0) is 10.7. The van der Waals surface area contributed by atoms with Gasteiger partial charge >= 0.3 is 0 Å². The van der Waals surface area contributed by atoms with E-state index in [1.54, 1.807) is 23.1 Å². The summed E-state index contributed by atoms with van der Waals surface area (Å²) < 4.78 is 2.14. The fourth-order valence-electron chi connectivity index (χ4n) is 1.11. The number of hydrogen-bond acceptors (Lipinski definition) is 3. The van der Waals surface area contributed by atoms with Gasteiger partial charge in [0, 0.05) is 9.37 Å². The van der Waals surface area contributed by atoms with Gasteiger partial charge in [0.1, 0.15) is 6.07 Å². The highest BCUT2D eigenvalue weighted by atomic mass is 79.9. The van der Waals surface area contributed by atoms with Crippen molar-refractivity contribution in [3.8, 4) is 6.07 Å². The average Bonchev–Trinajstić information content (AvgIpc) is 2.73. The van der Waals surface area contributed by atoms with Crippen molar-refractivity contribution in [2.75, 3.05) is 0 Å². The number of hydrogen-bond donors (Lipinski definition) is 0. The number of thiophene rings is 1. The van der Waals surface area contributed by atoms with Gasteiger partial charge in [-0.15, -0.1) is 11.3 Å². The SMILES string of the molecule is N#Cc1cc(Br)ccc1Sc1cccs1. The Morgan fingerprint density at radius 2 is 2.20 bits per heavy atom. The van der Waals surface area contributed by atoms with Gasteiger partial charge in [0.15, 0.2) is 0 Å². The molecule has 1 aromatic heterocycles. The molecule has 0 atom stereocenters.